The van der Waals surface area contributed by atoms with Gasteiger partial charge in [-0.2, -0.15) is 0 Å². The second-order valence-electron chi connectivity index (χ2n) is 8.28. The Hall–Kier alpha value is -3.48. The van der Waals surface area contributed by atoms with Crippen molar-refractivity contribution in [1.29, 1.82) is 0 Å². The summed E-state index contributed by atoms with van der Waals surface area (Å²) in [5.74, 6) is -1.82. The van der Waals surface area contributed by atoms with Gasteiger partial charge in [0.15, 0.2) is 12.2 Å². The summed E-state index contributed by atoms with van der Waals surface area (Å²) in [4.78, 5) is 28.4. The van der Waals surface area contributed by atoms with E-state index in [2.05, 4.69) is 5.32 Å². The molecule has 3 atom stereocenters. The number of carbonyl (C=O) groups excluding carboxylic acids is 2. The Bertz CT molecular complexity index is 1080. The maximum Gasteiger partial charge on any atom is 0.256 e. The zero-order valence-electron chi connectivity index (χ0n) is 18.4. The van der Waals surface area contributed by atoms with Gasteiger partial charge in [0.25, 0.3) is 11.8 Å². The molecule has 2 saturated heterocycles. The third-order valence-electron chi connectivity index (χ3n) is 6.18. The van der Waals surface area contributed by atoms with Crippen molar-refractivity contribution in [2.75, 3.05) is 13.1 Å². The summed E-state index contributed by atoms with van der Waals surface area (Å²) in [7, 11) is 0. The highest BCUT2D eigenvalue weighted by Crippen LogP contribution is 2.46. The van der Waals surface area contributed by atoms with E-state index in [1.54, 1.807) is 4.90 Å². The van der Waals surface area contributed by atoms with E-state index < -0.39 is 18.0 Å². The largest absolute Gasteiger partial charge is 0.354 e. The molecule has 6 heteroatoms. The Morgan fingerprint density at radius 2 is 1.48 bits per heavy atom. The van der Waals surface area contributed by atoms with Gasteiger partial charge in [-0.05, 0) is 18.1 Å². The Morgan fingerprint density at radius 1 is 0.939 bits per heavy atom. The molecule has 3 aromatic rings. The number of nitrogens with one attached hydrogen (secondary N) is 1. The molecule has 2 bridgehead atoms. The van der Waals surface area contributed by atoms with Crippen LogP contribution < -0.4 is 5.32 Å². The lowest BCUT2D eigenvalue weighted by atomic mass is 9.94. The van der Waals surface area contributed by atoms with Gasteiger partial charge in [0, 0.05) is 12.1 Å². The lowest BCUT2D eigenvalue weighted by Gasteiger charge is -2.42. The quantitative estimate of drug-likeness (QED) is 0.636. The summed E-state index contributed by atoms with van der Waals surface area (Å²) in [6, 6.07) is 29.0. The van der Waals surface area contributed by atoms with Crippen LogP contribution in [0.1, 0.15) is 29.7 Å². The van der Waals surface area contributed by atoms with Gasteiger partial charge in [0.1, 0.15) is 0 Å². The van der Waals surface area contributed by atoms with Crippen LogP contribution in [0.4, 0.5) is 0 Å². The highest BCUT2D eigenvalue weighted by molar-refractivity contribution is 5.93. The van der Waals surface area contributed by atoms with Crippen molar-refractivity contribution in [3.05, 3.63) is 108 Å². The molecule has 1 N–H and O–H groups in total. The van der Waals surface area contributed by atoms with Crippen molar-refractivity contribution in [2.45, 2.75) is 31.0 Å². The number of likely N-dealkylation sites (N-methyl/N-ethyl adjacent to an activating group) is 1. The normalized spacial score (nSPS) is 24.2. The van der Waals surface area contributed by atoms with Gasteiger partial charge in [0.2, 0.25) is 5.79 Å². The fraction of sp³-hybridized carbons (Fsp3) is 0.259. The maximum absolute atomic E-state index is 13.8. The number of fused-ring (bicyclic) bond motifs is 2. The summed E-state index contributed by atoms with van der Waals surface area (Å²) in [5, 5.41) is 2.78. The molecule has 0 aliphatic carbocycles. The number of benzene rings is 3. The van der Waals surface area contributed by atoms with E-state index >= 15 is 0 Å². The van der Waals surface area contributed by atoms with Crippen LogP contribution in [0.15, 0.2) is 91.0 Å². The molecule has 2 aliphatic heterocycles. The van der Waals surface area contributed by atoms with Crippen LogP contribution in [-0.2, 0) is 24.8 Å². The van der Waals surface area contributed by atoms with Gasteiger partial charge in [-0.1, -0.05) is 91.0 Å². The summed E-state index contributed by atoms with van der Waals surface area (Å²) < 4.78 is 12.5. The average molecular weight is 443 g/mol. The standard InChI is InChI=1S/C27H26N2O4/c1-2-28-25(30)23-24-26(31)29(18-27(32-23,33-24)21-16-10-5-11-17-21)22(19-12-6-3-7-13-19)20-14-8-4-9-15-20/h3-17,22-24H,2,18H2,1H3,(H,28,30)/t23-,24-,27+/m1/s1. The third kappa shape index (κ3) is 3.81. The van der Waals surface area contributed by atoms with Crippen molar-refractivity contribution < 1.29 is 19.1 Å². The van der Waals surface area contributed by atoms with Crippen LogP contribution in [0.25, 0.3) is 0 Å². The number of hydrogen-bond donors (Lipinski definition) is 1. The Balaban J connectivity index is 1.62. The van der Waals surface area contributed by atoms with Gasteiger partial charge in [0.05, 0.1) is 12.6 Å². The molecule has 2 fully saturated rings. The fourth-order valence-electron chi connectivity index (χ4n) is 4.71. The van der Waals surface area contributed by atoms with E-state index in [1.165, 1.54) is 0 Å². The lowest BCUT2D eigenvalue weighted by molar-refractivity contribution is -0.220. The van der Waals surface area contributed by atoms with Crippen molar-refractivity contribution in [3.63, 3.8) is 0 Å². The first-order valence-electron chi connectivity index (χ1n) is 11.2. The molecule has 0 saturated carbocycles. The van der Waals surface area contributed by atoms with Crippen molar-refractivity contribution >= 4 is 11.8 Å². The molecular weight excluding hydrogens is 416 g/mol. The minimum Gasteiger partial charge on any atom is -0.354 e. The number of morpholine rings is 1. The van der Waals surface area contributed by atoms with Gasteiger partial charge in [-0.15, -0.1) is 0 Å². The highest BCUT2D eigenvalue weighted by Gasteiger charge is 2.61. The second-order valence-corrected chi connectivity index (χ2v) is 8.28. The predicted molar refractivity (Wildman–Crippen MR) is 123 cm³/mol. The molecular formula is C27H26N2O4. The molecule has 3 aromatic carbocycles. The average Bonchev–Trinajstić information content (AvgIpc) is 3.21. The minimum atomic E-state index is -1.22. The maximum atomic E-state index is 13.8. The summed E-state index contributed by atoms with van der Waals surface area (Å²) in [6.07, 6.45) is -2.05. The first-order valence-corrected chi connectivity index (χ1v) is 11.2. The second kappa shape index (κ2) is 8.81. The van der Waals surface area contributed by atoms with Crippen LogP contribution in [0.3, 0.4) is 0 Å². The smallest absolute Gasteiger partial charge is 0.256 e. The fourth-order valence-corrected chi connectivity index (χ4v) is 4.71. The number of nitrogens with zero attached hydrogens (tertiary/aromatic N) is 1. The minimum absolute atomic E-state index is 0.163. The van der Waals surface area contributed by atoms with Gasteiger partial charge < -0.3 is 19.7 Å². The molecule has 0 spiro atoms. The molecule has 0 radical (unpaired) electrons. The van der Waals surface area contributed by atoms with Crippen LogP contribution in [0.2, 0.25) is 0 Å². The molecule has 0 aromatic heterocycles. The molecule has 168 valence electrons. The zero-order chi connectivity index (χ0) is 22.8. The van der Waals surface area contributed by atoms with Crippen molar-refractivity contribution in [3.8, 4) is 0 Å². The van der Waals surface area contributed by atoms with E-state index in [-0.39, 0.29) is 24.4 Å². The summed E-state index contributed by atoms with van der Waals surface area (Å²) in [5.41, 5.74) is 2.74. The summed E-state index contributed by atoms with van der Waals surface area (Å²) in [6.45, 7) is 2.44. The van der Waals surface area contributed by atoms with Crippen molar-refractivity contribution in [2.24, 2.45) is 0 Å². The monoisotopic (exact) mass is 442 g/mol. The van der Waals surface area contributed by atoms with Crippen LogP contribution >= 0.6 is 0 Å². The predicted octanol–water partition coefficient (Wildman–Crippen LogP) is 3.39. The van der Waals surface area contributed by atoms with Crippen LogP contribution in [-0.4, -0.2) is 42.0 Å². The van der Waals surface area contributed by atoms with E-state index in [9.17, 15) is 9.59 Å². The number of hydrogen-bond acceptors (Lipinski definition) is 4. The Labute approximate surface area is 193 Å². The topological polar surface area (TPSA) is 67.9 Å². The van der Waals surface area contributed by atoms with Crippen LogP contribution in [0.5, 0.6) is 0 Å². The van der Waals surface area contributed by atoms with E-state index in [0.29, 0.717) is 6.54 Å². The van der Waals surface area contributed by atoms with Gasteiger partial charge >= 0.3 is 0 Å². The zero-order valence-corrected chi connectivity index (χ0v) is 18.4. The van der Waals surface area contributed by atoms with E-state index in [1.807, 2.05) is 97.9 Å². The van der Waals surface area contributed by atoms with Crippen LogP contribution in [0, 0.1) is 0 Å². The van der Waals surface area contributed by atoms with E-state index in [0.717, 1.165) is 16.7 Å². The number of amides is 2. The SMILES string of the molecule is CCNC(=O)[C@@H]1O[C@@]2(c3ccccc3)CN(C(c3ccccc3)c3ccccc3)C(=O)[C@@H]1O2. The first kappa shape index (κ1) is 21.4. The first-order chi connectivity index (χ1) is 16.1. The van der Waals surface area contributed by atoms with Gasteiger partial charge in [-0.25, -0.2) is 0 Å². The summed E-state index contributed by atoms with van der Waals surface area (Å²) >= 11 is 0. The number of carbonyl (C=O) groups is 2. The molecule has 2 aliphatic rings. The molecule has 2 amide bonds. The molecule has 2 heterocycles. The molecule has 5 rings (SSSR count). The third-order valence-corrected chi connectivity index (χ3v) is 6.18. The van der Waals surface area contributed by atoms with Crippen molar-refractivity contribution in [1.82, 2.24) is 10.2 Å². The number of rotatable bonds is 6. The molecule has 0 unspecified atom stereocenters. The molecule has 6 nitrogen and oxygen atoms in total. The highest BCUT2D eigenvalue weighted by atomic mass is 16.8. The van der Waals surface area contributed by atoms with E-state index in [4.69, 9.17) is 9.47 Å². The lowest BCUT2D eigenvalue weighted by Crippen LogP contribution is -2.55. The Morgan fingerprint density at radius 3 is 2.03 bits per heavy atom. The number of ether oxygens (including phenoxy) is 2. The Kier molecular flexibility index (Phi) is 5.70. The molecule has 33 heavy (non-hydrogen) atoms. The van der Waals surface area contributed by atoms with Gasteiger partial charge in [-0.3, -0.25) is 9.59 Å².